The molecule has 0 spiro atoms. The molecule has 0 aliphatic heterocycles. The lowest BCUT2D eigenvalue weighted by Crippen LogP contribution is -2.11. The van der Waals surface area contributed by atoms with Crippen LogP contribution in [0.15, 0.2) is 24.3 Å². The Morgan fingerprint density at radius 2 is 2.14 bits per heavy atom. The van der Waals surface area contributed by atoms with Gasteiger partial charge in [-0.25, -0.2) is 9.78 Å². The van der Waals surface area contributed by atoms with Crippen molar-refractivity contribution >= 4 is 17.5 Å². The number of anilines is 2. The first-order valence-corrected chi connectivity index (χ1v) is 6.72. The minimum absolute atomic E-state index is 0.157. The van der Waals surface area contributed by atoms with Gasteiger partial charge in [0.2, 0.25) is 0 Å². The number of ether oxygens (including phenoxy) is 1. The summed E-state index contributed by atoms with van der Waals surface area (Å²) in [4.78, 5) is 18.0. The maximum absolute atomic E-state index is 11.7. The van der Waals surface area contributed by atoms with Crippen molar-refractivity contribution in [1.29, 1.82) is 0 Å². The summed E-state index contributed by atoms with van der Waals surface area (Å²) in [6, 6.07) is 7.88. The van der Waals surface area contributed by atoms with E-state index in [1.807, 2.05) is 50.2 Å². The third-order valence-electron chi connectivity index (χ3n) is 3.28. The molecule has 6 nitrogen and oxygen atoms in total. The van der Waals surface area contributed by atoms with Gasteiger partial charge in [-0.15, -0.1) is 0 Å². The molecule has 1 aromatic carbocycles. The van der Waals surface area contributed by atoms with Gasteiger partial charge >= 0.3 is 5.97 Å². The maximum Gasteiger partial charge on any atom is 0.360 e. The largest absolute Gasteiger partial charge is 0.464 e. The van der Waals surface area contributed by atoms with Crippen molar-refractivity contribution in [3.8, 4) is 5.69 Å². The molecule has 0 bridgehead atoms. The fraction of sp³-hybridized carbons (Fsp3) is 0.333. The van der Waals surface area contributed by atoms with Crippen molar-refractivity contribution in [2.24, 2.45) is 0 Å². The topological polar surface area (TPSA) is 73.4 Å². The second-order valence-corrected chi connectivity index (χ2v) is 4.86. The number of nitrogen functional groups attached to an aromatic ring is 1. The molecule has 0 saturated heterocycles. The van der Waals surface area contributed by atoms with E-state index < -0.39 is 5.97 Å². The number of hydrogen-bond acceptors (Lipinski definition) is 5. The molecule has 6 heteroatoms. The highest BCUT2D eigenvalue weighted by atomic mass is 16.5. The number of carbonyl (C=O) groups excluding carboxylic acids is 1. The second kappa shape index (κ2) is 5.87. The summed E-state index contributed by atoms with van der Waals surface area (Å²) in [5, 5.41) is 0. The summed E-state index contributed by atoms with van der Waals surface area (Å²) >= 11 is 0. The molecule has 112 valence electrons. The van der Waals surface area contributed by atoms with Gasteiger partial charge in [0.25, 0.3) is 0 Å². The molecule has 2 N–H and O–H groups in total. The molecular formula is C15H20N4O2. The molecule has 1 heterocycles. The van der Waals surface area contributed by atoms with Crippen molar-refractivity contribution in [2.75, 3.05) is 31.8 Å². The highest BCUT2D eigenvalue weighted by Gasteiger charge is 2.21. The Morgan fingerprint density at radius 1 is 1.43 bits per heavy atom. The first-order chi connectivity index (χ1) is 9.99. The predicted molar refractivity (Wildman–Crippen MR) is 83.0 cm³/mol. The van der Waals surface area contributed by atoms with Crippen molar-refractivity contribution in [1.82, 2.24) is 9.55 Å². The number of nitrogens with two attached hydrogens (primary N) is 1. The molecule has 0 amide bonds. The SMILES string of the molecule is CCc1nc(C(=O)OC)c(N)n1-c1cccc(N(C)C)c1. The Balaban J connectivity index is 2.60. The number of imidazole rings is 1. The molecule has 0 saturated carbocycles. The van der Waals surface area contributed by atoms with Crippen LogP contribution < -0.4 is 10.6 Å². The van der Waals surface area contributed by atoms with Crippen LogP contribution in [0.3, 0.4) is 0 Å². The molecule has 0 radical (unpaired) electrons. The van der Waals surface area contributed by atoms with E-state index >= 15 is 0 Å². The molecule has 0 unspecified atom stereocenters. The average Bonchev–Trinajstić information content (AvgIpc) is 2.83. The van der Waals surface area contributed by atoms with Gasteiger partial charge < -0.3 is 15.4 Å². The van der Waals surface area contributed by atoms with E-state index in [0.29, 0.717) is 12.2 Å². The van der Waals surface area contributed by atoms with Crippen LogP contribution in [-0.4, -0.2) is 36.7 Å². The molecule has 0 atom stereocenters. The lowest BCUT2D eigenvalue weighted by atomic mass is 10.2. The van der Waals surface area contributed by atoms with Crippen LogP contribution in [-0.2, 0) is 11.2 Å². The smallest absolute Gasteiger partial charge is 0.360 e. The Hall–Kier alpha value is -2.50. The maximum atomic E-state index is 11.7. The standard InChI is InChI=1S/C15H20N4O2/c1-5-12-17-13(15(20)21-4)14(16)19(12)11-8-6-7-10(9-11)18(2)3/h6-9H,5,16H2,1-4H3. The zero-order chi connectivity index (χ0) is 15.6. The first-order valence-electron chi connectivity index (χ1n) is 6.72. The molecular weight excluding hydrogens is 268 g/mol. The molecule has 2 aromatic rings. The van der Waals surface area contributed by atoms with E-state index in [9.17, 15) is 4.79 Å². The van der Waals surface area contributed by atoms with Crippen molar-refractivity contribution in [3.63, 3.8) is 0 Å². The third-order valence-corrected chi connectivity index (χ3v) is 3.28. The summed E-state index contributed by atoms with van der Waals surface area (Å²) in [6.07, 6.45) is 0.660. The minimum Gasteiger partial charge on any atom is -0.464 e. The zero-order valence-electron chi connectivity index (χ0n) is 12.8. The van der Waals surface area contributed by atoms with Crippen molar-refractivity contribution in [3.05, 3.63) is 35.8 Å². The highest BCUT2D eigenvalue weighted by molar-refractivity contribution is 5.92. The van der Waals surface area contributed by atoms with Gasteiger partial charge in [-0.2, -0.15) is 0 Å². The van der Waals surface area contributed by atoms with Gasteiger partial charge in [0.15, 0.2) is 5.69 Å². The van der Waals surface area contributed by atoms with E-state index in [2.05, 4.69) is 4.98 Å². The number of rotatable bonds is 4. The predicted octanol–water partition coefficient (Wildman–Crippen LogP) is 1.87. The summed E-state index contributed by atoms with van der Waals surface area (Å²) in [6.45, 7) is 1.97. The first kappa shape index (κ1) is 14.9. The van der Waals surface area contributed by atoms with E-state index in [0.717, 1.165) is 17.2 Å². The van der Waals surface area contributed by atoms with Crippen LogP contribution in [0.5, 0.6) is 0 Å². The van der Waals surface area contributed by atoms with Gasteiger partial charge in [-0.3, -0.25) is 4.57 Å². The number of esters is 1. The average molecular weight is 288 g/mol. The quantitative estimate of drug-likeness (QED) is 0.869. The number of benzene rings is 1. The van der Waals surface area contributed by atoms with E-state index in [-0.39, 0.29) is 5.69 Å². The second-order valence-electron chi connectivity index (χ2n) is 4.86. The highest BCUT2D eigenvalue weighted by Crippen LogP contribution is 2.24. The van der Waals surface area contributed by atoms with Gasteiger partial charge in [0, 0.05) is 26.2 Å². The number of aromatic nitrogens is 2. The van der Waals surface area contributed by atoms with Crippen LogP contribution in [0, 0.1) is 0 Å². The Labute approximate surface area is 124 Å². The fourth-order valence-corrected chi connectivity index (χ4v) is 2.16. The molecule has 1 aromatic heterocycles. The third kappa shape index (κ3) is 2.69. The van der Waals surface area contributed by atoms with Crippen LogP contribution in [0.2, 0.25) is 0 Å². The van der Waals surface area contributed by atoms with E-state index in [1.165, 1.54) is 7.11 Å². The van der Waals surface area contributed by atoms with Gasteiger partial charge in [-0.05, 0) is 18.2 Å². The molecule has 0 aliphatic carbocycles. The number of methoxy groups -OCH3 is 1. The Bertz CT molecular complexity index is 662. The summed E-state index contributed by atoms with van der Waals surface area (Å²) in [5.41, 5.74) is 8.17. The lowest BCUT2D eigenvalue weighted by Gasteiger charge is -2.15. The Morgan fingerprint density at radius 3 is 2.71 bits per heavy atom. The summed E-state index contributed by atoms with van der Waals surface area (Å²) in [7, 11) is 5.26. The number of carbonyl (C=O) groups is 1. The normalized spacial score (nSPS) is 10.5. The van der Waals surface area contributed by atoms with E-state index in [1.54, 1.807) is 4.57 Å². The van der Waals surface area contributed by atoms with Gasteiger partial charge in [0.1, 0.15) is 11.6 Å². The Kier molecular flexibility index (Phi) is 4.16. The van der Waals surface area contributed by atoms with Gasteiger partial charge in [0.05, 0.1) is 12.8 Å². The summed E-state index contributed by atoms with van der Waals surface area (Å²) in [5.74, 6) is 0.503. The molecule has 2 rings (SSSR count). The number of hydrogen-bond donors (Lipinski definition) is 1. The number of aryl methyl sites for hydroxylation is 1. The lowest BCUT2D eigenvalue weighted by molar-refractivity contribution is 0.0596. The molecule has 0 aliphatic rings. The van der Waals surface area contributed by atoms with Crippen molar-refractivity contribution < 1.29 is 9.53 Å². The summed E-state index contributed by atoms with van der Waals surface area (Å²) < 4.78 is 6.52. The van der Waals surface area contributed by atoms with Crippen LogP contribution >= 0.6 is 0 Å². The van der Waals surface area contributed by atoms with Crippen molar-refractivity contribution in [2.45, 2.75) is 13.3 Å². The monoisotopic (exact) mass is 288 g/mol. The molecule has 0 fully saturated rings. The minimum atomic E-state index is -0.523. The number of nitrogens with zero attached hydrogens (tertiary/aromatic N) is 3. The fourth-order valence-electron chi connectivity index (χ4n) is 2.16. The molecule has 21 heavy (non-hydrogen) atoms. The van der Waals surface area contributed by atoms with Crippen LogP contribution in [0.25, 0.3) is 5.69 Å². The zero-order valence-corrected chi connectivity index (χ0v) is 12.8. The van der Waals surface area contributed by atoms with Crippen LogP contribution in [0.1, 0.15) is 23.2 Å². The van der Waals surface area contributed by atoms with Gasteiger partial charge in [-0.1, -0.05) is 13.0 Å². The van der Waals surface area contributed by atoms with Crippen LogP contribution in [0.4, 0.5) is 11.5 Å². The van der Waals surface area contributed by atoms with E-state index in [4.69, 9.17) is 10.5 Å².